The van der Waals surface area contributed by atoms with E-state index in [1.165, 1.54) is 6.07 Å². The number of esters is 1. The number of nitrogens with zero attached hydrogens (tertiary/aromatic N) is 1. The Labute approximate surface area is 170 Å². The number of methoxy groups -OCH3 is 1. The molecule has 0 radical (unpaired) electrons. The minimum Gasteiger partial charge on any atom is -0.458 e. The number of ether oxygens (including phenoxy) is 2. The lowest BCUT2D eigenvalue weighted by atomic mass is 9.82. The predicted octanol–water partition coefficient (Wildman–Crippen LogP) is 3.72. The predicted molar refractivity (Wildman–Crippen MR) is 108 cm³/mol. The standard InChI is InChI=1S/C22H27NO6/c1-13-9-14(5-8-19(13)23(26)27)17-12-20(28-4)22(2,3)18(17)7-6-16-10-15(24)11-21(25)29-16/h5-9,15-16,20,24H,10-12H2,1-4H3/t15-,16-,20?/m0/s1. The van der Waals surface area contributed by atoms with E-state index in [-0.39, 0.29) is 28.6 Å². The number of aliphatic hydroxyl groups excluding tert-OH is 1. The lowest BCUT2D eigenvalue weighted by Crippen LogP contribution is -2.31. The number of hydrogen-bond donors (Lipinski definition) is 1. The first-order chi connectivity index (χ1) is 13.6. The Hall–Kier alpha value is -2.51. The van der Waals surface area contributed by atoms with Crippen LogP contribution in [0.15, 0.2) is 35.9 Å². The van der Waals surface area contributed by atoms with Crippen molar-refractivity contribution in [2.45, 2.75) is 58.3 Å². The third-order valence-corrected chi connectivity index (χ3v) is 5.91. The molecule has 0 saturated carbocycles. The lowest BCUT2D eigenvalue weighted by Gasteiger charge is -2.29. The summed E-state index contributed by atoms with van der Waals surface area (Å²) in [5.74, 6) is -0.404. The monoisotopic (exact) mass is 401 g/mol. The molecule has 1 fully saturated rings. The molecule has 1 aromatic carbocycles. The zero-order valence-corrected chi connectivity index (χ0v) is 17.2. The van der Waals surface area contributed by atoms with E-state index in [9.17, 15) is 20.0 Å². The summed E-state index contributed by atoms with van der Waals surface area (Å²) in [5.41, 5.74) is 3.41. The number of aryl methyl sites for hydroxylation is 1. The third-order valence-electron chi connectivity index (χ3n) is 5.91. The molecular formula is C22H27NO6. The summed E-state index contributed by atoms with van der Waals surface area (Å²) in [6.45, 7) is 5.91. The van der Waals surface area contributed by atoms with Crippen LogP contribution in [0.2, 0.25) is 0 Å². The molecule has 0 aromatic heterocycles. The molecule has 156 valence electrons. The highest BCUT2D eigenvalue weighted by Crippen LogP contribution is 2.49. The zero-order valence-electron chi connectivity index (χ0n) is 17.2. The number of aliphatic hydroxyl groups is 1. The maximum atomic E-state index is 11.6. The Morgan fingerprint density at radius 3 is 2.66 bits per heavy atom. The van der Waals surface area contributed by atoms with Gasteiger partial charge >= 0.3 is 5.97 Å². The molecule has 3 atom stereocenters. The van der Waals surface area contributed by atoms with Gasteiger partial charge in [0.25, 0.3) is 5.69 Å². The zero-order chi connectivity index (χ0) is 21.3. The first-order valence-corrected chi connectivity index (χ1v) is 9.71. The second-order valence-corrected chi connectivity index (χ2v) is 8.28. The highest BCUT2D eigenvalue weighted by molar-refractivity contribution is 5.77. The van der Waals surface area contributed by atoms with Gasteiger partial charge in [-0.25, -0.2) is 0 Å². The van der Waals surface area contributed by atoms with Crippen molar-refractivity contribution in [2.75, 3.05) is 7.11 Å². The molecule has 1 unspecified atom stereocenters. The fourth-order valence-electron chi connectivity index (χ4n) is 4.26. The molecule has 1 saturated heterocycles. The summed E-state index contributed by atoms with van der Waals surface area (Å²) in [4.78, 5) is 22.4. The van der Waals surface area contributed by atoms with Crippen LogP contribution in [0, 0.1) is 22.5 Å². The van der Waals surface area contributed by atoms with E-state index in [0.29, 0.717) is 18.4 Å². The van der Waals surface area contributed by atoms with Crippen LogP contribution in [0.3, 0.4) is 0 Å². The van der Waals surface area contributed by atoms with Crippen LogP contribution >= 0.6 is 0 Å². The number of nitro benzene ring substituents is 1. The molecule has 1 aromatic rings. The highest BCUT2D eigenvalue weighted by Gasteiger charge is 2.41. The molecule has 0 amide bonds. The van der Waals surface area contributed by atoms with E-state index >= 15 is 0 Å². The second-order valence-electron chi connectivity index (χ2n) is 8.28. The van der Waals surface area contributed by atoms with Gasteiger partial charge in [-0.3, -0.25) is 14.9 Å². The molecule has 0 bridgehead atoms. The van der Waals surface area contributed by atoms with Crippen molar-refractivity contribution in [3.63, 3.8) is 0 Å². The van der Waals surface area contributed by atoms with Gasteiger partial charge in [0.05, 0.1) is 23.6 Å². The van der Waals surface area contributed by atoms with Crippen LogP contribution < -0.4 is 0 Å². The summed E-state index contributed by atoms with van der Waals surface area (Å²) < 4.78 is 11.0. The van der Waals surface area contributed by atoms with Crippen molar-refractivity contribution in [3.05, 3.63) is 57.2 Å². The van der Waals surface area contributed by atoms with Gasteiger partial charge in [0.1, 0.15) is 6.10 Å². The smallest absolute Gasteiger partial charge is 0.309 e. The maximum Gasteiger partial charge on any atom is 0.309 e. The topological polar surface area (TPSA) is 98.9 Å². The van der Waals surface area contributed by atoms with Crippen LogP contribution in [0.25, 0.3) is 5.57 Å². The normalized spacial score (nSPS) is 26.8. The van der Waals surface area contributed by atoms with Crippen LogP contribution in [0.5, 0.6) is 0 Å². The maximum absolute atomic E-state index is 11.6. The highest BCUT2D eigenvalue weighted by atomic mass is 16.6. The Kier molecular flexibility index (Phi) is 5.91. The number of benzene rings is 1. The molecule has 1 N–H and O–H groups in total. The molecule has 2 aliphatic rings. The van der Waals surface area contributed by atoms with Crippen LogP contribution in [0.4, 0.5) is 5.69 Å². The van der Waals surface area contributed by atoms with Crippen molar-refractivity contribution < 1.29 is 24.3 Å². The molecule has 29 heavy (non-hydrogen) atoms. The Balaban J connectivity index is 2.00. The minimum atomic E-state index is -0.694. The van der Waals surface area contributed by atoms with Crippen LogP contribution in [-0.2, 0) is 14.3 Å². The fraction of sp³-hybridized carbons (Fsp3) is 0.500. The molecule has 1 aliphatic carbocycles. The lowest BCUT2D eigenvalue weighted by molar-refractivity contribution is -0.385. The molecule has 0 spiro atoms. The van der Waals surface area contributed by atoms with Crippen molar-refractivity contribution >= 4 is 17.2 Å². The molecule has 1 heterocycles. The average molecular weight is 401 g/mol. The molecule has 7 nitrogen and oxygen atoms in total. The van der Waals surface area contributed by atoms with Crippen LogP contribution in [-0.4, -0.2) is 41.4 Å². The van der Waals surface area contributed by atoms with Crippen LogP contribution in [0.1, 0.15) is 44.2 Å². The van der Waals surface area contributed by atoms with E-state index in [2.05, 4.69) is 13.8 Å². The Morgan fingerprint density at radius 2 is 2.07 bits per heavy atom. The summed E-state index contributed by atoms with van der Waals surface area (Å²) in [6, 6.07) is 5.14. The molecule has 7 heteroatoms. The van der Waals surface area contributed by atoms with Gasteiger partial charge in [0.15, 0.2) is 0 Å². The van der Waals surface area contributed by atoms with E-state index in [4.69, 9.17) is 9.47 Å². The number of carbonyl (C=O) groups is 1. The van der Waals surface area contributed by atoms with Gasteiger partial charge in [0, 0.05) is 37.0 Å². The Bertz CT molecular complexity index is 885. The van der Waals surface area contributed by atoms with Gasteiger partial charge in [-0.15, -0.1) is 0 Å². The first-order valence-electron chi connectivity index (χ1n) is 9.71. The van der Waals surface area contributed by atoms with Crippen molar-refractivity contribution in [2.24, 2.45) is 5.41 Å². The quantitative estimate of drug-likeness (QED) is 0.459. The summed E-state index contributed by atoms with van der Waals surface area (Å²) in [7, 11) is 1.68. The van der Waals surface area contributed by atoms with E-state index in [1.807, 2.05) is 18.2 Å². The number of allylic oxidation sites excluding steroid dienone is 1. The SMILES string of the molecule is COC1CC(c2ccc([N+](=O)[O-])c(C)c2)=C(C=C[C@H]2C[C@H](O)CC(=O)O2)C1(C)C. The number of rotatable bonds is 5. The molecule has 1 aliphatic heterocycles. The van der Waals surface area contributed by atoms with E-state index in [1.54, 1.807) is 20.1 Å². The van der Waals surface area contributed by atoms with Crippen molar-refractivity contribution in [3.8, 4) is 0 Å². The minimum absolute atomic E-state index is 0.0254. The van der Waals surface area contributed by atoms with Gasteiger partial charge < -0.3 is 14.6 Å². The Morgan fingerprint density at radius 1 is 1.34 bits per heavy atom. The third kappa shape index (κ3) is 4.26. The van der Waals surface area contributed by atoms with Crippen molar-refractivity contribution in [1.29, 1.82) is 0 Å². The van der Waals surface area contributed by atoms with E-state index < -0.39 is 18.2 Å². The van der Waals surface area contributed by atoms with Gasteiger partial charge in [-0.1, -0.05) is 19.9 Å². The van der Waals surface area contributed by atoms with Gasteiger partial charge in [-0.05, 0) is 41.8 Å². The number of nitro groups is 1. The largest absolute Gasteiger partial charge is 0.458 e. The molecule has 3 rings (SSSR count). The fourth-order valence-corrected chi connectivity index (χ4v) is 4.26. The van der Waals surface area contributed by atoms with Gasteiger partial charge in [-0.2, -0.15) is 0 Å². The average Bonchev–Trinajstić information content (AvgIpc) is 2.88. The molecular weight excluding hydrogens is 374 g/mol. The number of hydrogen-bond acceptors (Lipinski definition) is 6. The van der Waals surface area contributed by atoms with Gasteiger partial charge in [0.2, 0.25) is 0 Å². The number of carbonyl (C=O) groups excluding carboxylic acids is 1. The summed E-state index contributed by atoms with van der Waals surface area (Å²) in [6.07, 6.45) is 3.61. The van der Waals surface area contributed by atoms with E-state index in [0.717, 1.165) is 16.7 Å². The number of cyclic esters (lactones) is 1. The summed E-state index contributed by atoms with van der Waals surface area (Å²) >= 11 is 0. The first kappa shape index (κ1) is 21.2. The summed E-state index contributed by atoms with van der Waals surface area (Å²) in [5, 5.41) is 21.0. The van der Waals surface area contributed by atoms with Crippen molar-refractivity contribution in [1.82, 2.24) is 0 Å². The second kappa shape index (κ2) is 8.08.